The van der Waals surface area contributed by atoms with Gasteiger partial charge in [0, 0.05) is 22.3 Å². The summed E-state index contributed by atoms with van der Waals surface area (Å²) in [5.41, 5.74) is 2.35. The Bertz CT molecular complexity index is 800. The summed E-state index contributed by atoms with van der Waals surface area (Å²) in [5, 5.41) is 11.4. The first-order valence-corrected chi connectivity index (χ1v) is 9.51. The van der Waals surface area contributed by atoms with E-state index in [1.54, 1.807) is 0 Å². The second-order valence-corrected chi connectivity index (χ2v) is 7.20. The summed E-state index contributed by atoms with van der Waals surface area (Å²) in [6, 6.07) is 14.7. The molecule has 0 aliphatic carbocycles. The van der Waals surface area contributed by atoms with Gasteiger partial charge in [0.15, 0.2) is 6.23 Å². The Hall–Kier alpha value is -1.85. The zero-order valence-corrected chi connectivity index (χ0v) is 16.2. The molecule has 0 aliphatic heterocycles. The Morgan fingerprint density at radius 1 is 1.20 bits per heavy atom. The van der Waals surface area contributed by atoms with E-state index in [0.29, 0.717) is 5.92 Å². The molecule has 1 heterocycles. The number of H-pyrrole nitrogens is 1. The van der Waals surface area contributed by atoms with Gasteiger partial charge in [-0.15, -0.1) is 0 Å². The number of nitrogens with one attached hydrogen (secondary N) is 2. The first-order valence-electron chi connectivity index (χ1n) is 8.72. The number of aromatic amines is 1. The predicted molar refractivity (Wildman–Crippen MR) is 106 cm³/mol. The fourth-order valence-electron chi connectivity index (χ4n) is 3.14. The van der Waals surface area contributed by atoms with E-state index in [9.17, 15) is 0 Å². The summed E-state index contributed by atoms with van der Waals surface area (Å²) in [6.07, 6.45) is 4.99. The average molecular weight is 402 g/mol. The summed E-state index contributed by atoms with van der Waals surface area (Å²) in [6.45, 7) is 2.23. The molecule has 4 nitrogen and oxygen atoms in total. The number of rotatable bonds is 8. The van der Waals surface area contributed by atoms with Crippen molar-refractivity contribution in [3.63, 3.8) is 0 Å². The van der Waals surface area contributed by atoms with Crippen molar-refractivity contribution in [2.24, 2.45) is 0 Å². The highest BCUT2D eigenvalue weighted by Crippen LogP contribution is 2.29. The summed E-state index contributed by atoms with van der Waals surface area (Å²) >= 11 is 3.51. The number of hydrogen-bond donors (Lipinski definition) is 2. The van der Waals surface area contributed by atoms with Crippen LogP contribution >= 0.6 is 15.9 Å². The van der Waals surface area contributed by atoms with E-state index in [2.05, 4.69) is 62.6 Å². The molecule has 0 saturated heterocycles. The molecule has 2 unspecified atom stereocenters. The number of aromatic nitrogens is 2. The van der Waals surface area contributed by atoms with Gasteiger partial charge in [0.1, 0.15) is 5.75 Å². The number of ether oxygens (including phenoxy) is 1. The predicted octanol–water partition coefficient (Wildman–Crippen LogP) is 5.22. The maximum absolute atomic E-state index is 6.20. The molecule has 132 valence electrons. The number of fused-ring (bicyclic) bond motifs is 1. The zero-order chi connectivity index (χ0) is 17.6. The van der Waals surface area contributed by atoms with Crippen LogP contribution < -0.4 is 10.1 Å². The van der Waals surface area contributed by atoms with Crippen LogP contribution in [-0.2, 0) is 0 Å². The summed E-state index contributed by atoms with van der Waals surface area (Å²) in [5.74, 6) is 1.31. The summed E-state index contributed by atoms with van der Waals surface area (Å²) in [4.78, 5) is 0. The van der Waals surface area contributed by atoms with Crippen molar-refractivity contribution in [3.05, 3.63) is 58.7 Å². The highest BCUT2D eigenvalue weighted by atomic mass is 79.9. The highest BCUT2D eigenvalue weighted by Gasteiger charge is 2.18. The fraction of sp³-hybridized carbons (Fsp3) is 0.350. The third kappa shape index (κ3) is 4.61. The van der Waals surface area contributed by atoms with Gasteiger partial charge in [-0.25, -0.2) is 0 Å². The van der Waals surface area contributed by atoms with Crippen LogP contribution in [0.25, 0.3) is 10.9 Å². The third-order valence-electron chi connectivity index (χ3n) is 4.49. The van der Waals surface area contributed by atoms with Crippen LogP contribution in [-0.4, -0.2) is 23.5 Å². The average Bonchev–Trinajstić information content (AvgIpc) is 3.09. The minimum atomic E-state index is -0.0411. The normalized spacial score (nSPS) is 13.7. The van der Waals surface area contributed by atoms with Crippen molar-refractivity contribution < 1.29 is 4.74 Å². The monoisotopic (exact) mass is 401 g/mol. The Morgan fingerprint density at radius 3 is 2.72 bits per heavy atom. The van der Waals surface area contributed by atoms with Crippen molar-refractivity contribution in [2.75, 3.05) is 7.05 Å². The lowest BCUT2D eigenvalue weighted by Crippen LogP contribution is -2.33. The lowest BCUT2D eigenvalue weighted by atomic mass is 9.91. The van der Waals surface area contributed by atoms with Crippen molar-refractivity contribution in [3.8, 4) is 5.75 Å². The van der Waals surface area contributed by atoms with Crippen molar-refractivity contribution in [2.45, 2.75) is 38.3 Å². The largest absolute Gasteiger partial charge is 0.475 e. The quantitative estimate of drug-likeness (QED) is 0.508. The molecule has 0 amide bonds. The second-order valence-electron chi connectivity index (χ2n) is 6.29. The number of benzene rings is 2. The van der Waals surface area contributed by atoms with Crippen molar-refractivity contribution in [1.82, 2.24) is 15.5 Å². The highest BCUT2D eigenvalue weighted by molar-refractivity contribution is 9.10. The Morgan fingerprint density at radius 2 is 2.00 bits per heavy atom. The molecule has 25 heavy (non-hydrogen) atoms. The maximum atomic E-state index is 6.20. The molecular weight excluding hydrogens is 378 g/mol. The molecule has 0 bridgehead atoms. The first-order chi connectivity index (χ1) is 12.2. The third-order valence-corrected chi connectivity index (χ3v) is 5.02. The minimum Gasteiger partial charge on any atom is -0.475 e. The Balaban J connectivity index is 1.72. The second kappa shape index (κ2) is 8.50. The maximum Gasteiger partial charge on any atom is 0.150 e. The van der Waals surface area contributed by atoms with Gasteiger partial charge in [-0.1, -0.05) is 41.4 Å². The molecule has 0 spiro atoms. The van der Waals surface area contributed by atoms with Crippen molar-refractivity contribution in [1.29, 1.82) is 0 Å². The molecule has 2 aromatic carbocycles. The molecule has 3 aromatic rings. The van der Waals surface area contributed by atoms with Gasteiger partial charge in [0.05, 0.1) is 11.7 Å². The number of hydrogen-bond acceptors (Lipinski definition) is 3. The van der Waals surface area contributed by atoms with Crippen LogP contribution in [0.3, 0.4) is 0 Å². The van der Waals surface area contributed by atoms with E-state index in [1.165, 1.54) is 5.56 Å². The van der Waals surface area contributed by atoms with Crippen LogP contribution in [0, 0.1) is 0 Å². The molecule has 2 N–H and O–H groups in total. The van der Waals surface area contributed by atoms with Gasteiger partial charge in [-0.3, -0.25) is 10.4 Å². The Kier molecular flexibility index (Phi) is 6.10. The standard InChI is InChI=1S/C20H24BrN3O/c1-3-4-15(14-5-8-17(21)9-6-14)11-20(22-2)25-18-10-7-16-13-23-24-19(16)12-18/h5-10,12-13,15,20,22H,3-4,11H2,1-2H3,(H,23,24). The number of nitrogens with zero attached hydrogens (tertiary/aromatic N) is 1. The molecule has 0 fully saturated rings. The molecule has 1 aromatic heterocycles. The first kappa shape index (κ1) is 18.0. The van der Waals surface area contributed by atoms with Crippen LogP contribution in [0.1, 0.15) is 37.7 Å². The molecule has 2 atom stereocenters. The van der Waals surface area contributed by atoms with Gasteiger partial charge in [0.2, 0.25) is 0 Å². The topological polar surface area (TPSA) is 49.9 Å². The van der Waals surface area contributed by atoms with Gasteiger partial charge in [0.25, 0.3) is 0 Å². The minimum absolute atomic E-state index is 0.0411. The van der Waals surface area contributed by atoms with E-state index in [1.807, 2.05) is 31.4 Å². The molecule has 0 saturated carbocycles. The molecule has 0 radical (unpaired) electrons. The van der Waals surface area contributed by atoms with Crippen LogP contribution in [0.2, 0.25) is 0 Å². The zero-order valence-electron chi connectivity index (χ0n) is 14.6. The summed E-state index contributed by atoms with van der Waals surface area (Å²) in [7, 11) is 1.95. The SMILES string of the molecule is CCCC(CC(NC)Oc1ccc2cn[nH]c2c1)c1ccc(Br)cc1. The van der Waals surface area contributed by atoms with Gasteiger partial charge >= 0.3 is 0 Å². The lowest BCUT2D eigenvalue weighted by Gasteiger charge is -2.24. The van der Waals surface area contributed by atoms with Gasteiger partial charge in [-0.05, 0) is 49.2 Å². The molecule has 5 heteroatoms. The molecular formula is C20H24BrN3O. The van der Waals surface area contributed by atoms with Gasteiger partial charge < -0.3 is 4.74 Å². The van der Waals surface area contributed by atoms with Crippen LogP contribution in [0.5, 0.6) is 5.75 Å². The van der Waals surface area contributed by atoms with E-state index in [4.69, 9.17) is 4.74 Å². The number of halogens is 1. The van der Waals surface area contributed by atoms with Gasteiger partial charge in [-0.2, -0.15) is 5.10 Å². The van der Waals surface area contributed by atoms with E-state index in [0.717, 1.165) is 40.4 Å². The van der Waals surface area contributed by atoms with E-state index < -0.39 is 0 Å². The van der Waals surface area contributed by atoms with E-state index >= 15 is 0 Å². The van der Waals surface area contributed by atoms with Crippen LogP contribution in [0.4, 0.5) is 0 Å². The lowest BCUT2D eigenvalue weighted by molar-refractivity contribution is 0.152. The fourth-order valence-corrected chi connectivity index (χ4v) is 3.41. The smallest absolute Gasteiger partial charge is 0.150 e. The molecule has 3 rings (SSSR count). The van der Waals surface area contributed by atoms with Crippen molar-refractivity contribution >= 4 is 26.8 Å². The Labute approximate surface area is 157 Å². The molecule has 0 aliphatic rings. The van der Waals surface area contributed by atoms with E-state index in [-0.39, 0.29) is 6.23 Å². The summed E-state index contributed by atoms with van der Waals surface area (Å²) < 4.78 is 7.31. The van der Waals surface area contributed by atoms with Crippen LogP contribution in [0.15, 0.2) is 53.1 Å².